The third kappa shape index (κ3) is 6.58. The molecule has 0 radical (unpaired) electrons. The summed E-state index contributed by atoms with van der Waals surface area (Å²) < 4.78 is 0. The smallest absolute Gasteiger partial charge is 0.265 e. The van der Waals surface area contributed by atoms with E-state index in [0.717, 1.165) is 6.42 Å². The first-order valence-corrected chi connectivity index (χ1v) is 6.25. The third-order valence-electron chi connectivity index (χ3n) is 2.76. The molecule has 0 saturated carbocycles. The molecule has 0 aliphatic heterocycles. The van der Waals surface area contributed by atoms with Crippen molar-refractivity contribution >= 4 is 30.7 Å². The van der Waals surface area contributed by atoms with E-state index >= 15 is 0 Å². The molecular formula is C15H19Cl2N3O. The number of carbonyl (C=O) groups is 1. The van der Waals surface area contributed by atoms with Gasteiger partial charge in [0.2, 0.25) is 0 Å². The Morgan fingerprint density at radius 2 is 1.71 bits per heavy atom. The van der Waals surface area contributed by atoms with Crippen LogP contribution in [0.1, 0.15) is 22.8 Å². The molecule has 1 amide bonds. The van der Waals surface area contributed by atoms with Crippen LogP contribution in [0.2, 0.25) is 0 Å². The number of nitrogens with zero attached hydrogens (tertiary/aromatic N) is 1. The molecule has 2 aromatic rings. The van der Waals surface area contributed by atoms with E-state index in [-0.39, 0.29) is 36.8 Å². The number of carbonyl (C=O) groups excluding carboxylic acids is 1. The Morgan fingerprint density at radius 1 is 1.10 bits per heavy atom. The lowest BCUT2D eigenvalue weighted by Crippen LogP contribution is -2.43. The summed E-state index contributed by atoms with van der Waals surface area (Å²) in [6.07, 6.45) is 4.06. The minimum atomic E-state index is -0.151. The first-order valence-electron chi connectivity index (χ1n) is 6.25. The molecule has 1 aromatic heterocycles. The Kier molecular flexibility index (Phi) is 9.37. The quantitative estimate of drug-likeness (QED) is 0.830. The topological polar surface area (TPSA) is 54.0 Å². The van der Waals surface area contributed by atoms with Gasteiger partial charge in [0.15, 0.2) is 0 Å². The van der Waals surface area contributed by atoms with Gasteiger partial charge in [0.25, 0.3) is 5.91 Å². The number of aromatic nitrogens is 1. The predicted octanol–water partition coefficient (Wildman–Crippen LogP) is 2.79. The van der Waals surface area contributed by atoms with E-state index in [2.05, 4.69) is 28.0 Å². The molecule has 1 aromatic carbocycles. The summed E-state index contributed by atoms with van der Waals surface area (Å²) in [4.78, 5) is 15.7. The van der Waals surface area contributed by atoms with Crippen LogP contribution >= 0.6 is 24.8 Å². The van der Waals surface area contributed by atoms with Crippen molar-refractivity contribution in [2.24, 2.45) is 0 Å². The van der Waals surface area contributed by atoms with E-state index in [1.54, 1.807) is 24.5 Å². The van der Waals surface area contributed by atoms with Gasteiger partial charge in [-0.1, -0.05) is 30.3 Å². The van der Waals surface area contributed by atoms with E-state index in [0.29, 0.717) is 5.56 Å². The van der Waals surface area contributed by atoms with Crippen LogP contribution in [0.5, 0.6) is 0 Å². The number of pyridine rings is 1. The fourth-order valence-corrected chi connectivity index (χ4v) is 1.78. The number of hydrogen-bond acceptors (Lipinski definition) is 3. The van der Waals surface area contributed by atoms with Gasteiger partial charge in [0.1, 0.15) is 0 Å². The summed E-state index contributed by atoms with van der Waals surface area (Å²) in [6, 6.07) is 13.7. The molecule has 1 atom stereocenters. The SMILES string of the molecule is CC(Cc1ccccc1)NNC(=O)c1ccncc1.Cl.Cl. The van der Waals surface area contributed by atoms with Gasteiger partial charge in [-0.05, 0) is 31.0 Å². The van der Waals surface area contributed by atoms with E-state index in [1.807, 2.05) is 25.1 Å². The van der Waals surface area contributed by atoms with E-state index in [9.17, 15) is 4.79 Å². The normalized spacial score (nSPS) is 10.7. The largest absolute Gasteiger partial charge is 0.287 e. The second kappa shape index (κ2) is 10.2. The van der Waals surface area contributed by atoms with Gasteiger partial charge in [-0.25, -0.2) is 5.43 Å². The zero-order valence-corrected chi connectivity index (χ0v) is 13.3. The van der Waals surface area contributed by atoms with E-state index in [1.165, 1.54) is 5.56 Å². The first-order chi connectivity index (χ1) is 9.25. The van der Waals surface area contributed by atoms with Crippen molar-refractivity contribution in [1.29, 1.82) is 0 Å². The lowest BCUT2D eigenvalue weighted by atomic mass is 10.1. The van der Waals surface area contributed by atoms with Crippen LogP contribution in [0.25, 0.3) is 0 Å². The van der Waals surface area contributed by atoms with Gasteiger partial charge in [-0.15, -0.1) is 24.8 Å². The highest BCUT2D eigenvalue weighted by Gasteiger charge is 2.07. The maximum absolute atomic E-state index is 11.8. The fraction of sp³-hybridized carbons (Fsp3) is 0.200. The fourth-order valence-electron chi connectivity index (χ4n) is 1.78. The predicted molar refractivity (Wildman–Crippen MR) is 88.9 cm³/mol. The minimum Gasteiger partial charge on any atom is -0.287 e. The molecule has 0 bridgehead atoms. The Labute approximate surface area is 137 Å². The Morgan fingerprint density at radius 3 is 2.33 bits per heavy atom. The highest BCUT2D eigenvalue weighted by atomic mass is 35.5. The zero-order chi connectivity index (χ0) is 13.5. The monoisotopic (exact) mass is 327 g/mol. The second-order valence-corrected chi connectivity index (χ2v) is 4.43. The summed E-state index contributed by atoms with van der Waals surface area (Å²) in [5, 5.41) is 0. The summed E-state index contributed by atoms with van der Waals surface area (Å²) in [6.45, 7) is 2.03. The van der Waals surface area contributed by atoms with Crippen molar-refractivity contribution in [3.8, 4) is 0 Å². The third-order valence-corrected chi connectivity index (χ3v) is 2.76. The maximum atomic E-state index is 11.8. The highest BCUT2D eigenvalue weighted by Crippen LogP contribution is 2.02. The van der Waals surface area contributed by atoms with Crippen LogP contribution < -0.4 is 10.9 Å². The molecule has 2 rings (SSSR count). The van der Waals surface area contributed by atoms with Crippen LogP contribution in [0.15, 0.2) is 54.9 Å². The standard InChI is InChI=1S/C15H17N3O.2ClH/c1-12(11-13-5-3-2-4-6-13)17-18-15(19)14-7-9-16-10-8-14;;/h2-10,12,17H,11H2,1H3,(H,18,19);2*1H. The van der Waals surface area contributed by atoms with Gasteiger partial charge in [-0.3, -0.25) is 15.2 Å². The van der Waals surface area contributed by atoms with E-state index < -0.39 is 0 Å². The molecule has 2 N–H and O–H groups in total. The van der Waals surface area contributed by atoms with Gasteiger partial charge >= 0.3 is 0 Å². The Bertz CT molecular complexity index is 523. The summed E-state index contributed by atoms with van der Waals surface area (Å²) in [5.41, 5.74) is 7.54. The number of halogens is 2. The minimum absolute atomic E-state index is 0. The molecule has 1 unspecified atom stereocenters. The molecule has 6 heteroatoms. The van der Waals surface area contributed by atoms with Crippen molar-refractivity contribution in [2.75, 3.05) is 0 Å². The summed E-state index contributed by atoms with van der Waals surface area (Å²) >= 11 is 0. The first kappa shape index (κ1) is 19.4. The van der Waals surface area contributed by atoms with Crippen molar-refractivity contribution in [3.63, 3.8) is 0 Å². The summed E-state index contributed by atoms with van der Waals surface area (Å²) in [7, 11) is 0. The van der Waals surface area contributed by atoms with Gasteiger partial charge < -0.3 is 0 Å². The van der Waals surface area contributed by atoms with Gasteiger partial charge in [0.05, 0.1) is 0 Å². The Hall–Kier alpha value is -1.62. The second-order valence-electron chi connectivity index (χ2n) is 4.43. The highest BCUT2D eigenvalue weighted by molar-refractivity contribution is 5.93. The Balaban J connectivity index is 0.00000200. The molecule has 1 heterocycles. The van der Waals surface area contributed by atoms with Crippen LogP contribution in [0.3, 0.4) is 0 Å². The molecule has 0 aliphatic carbocycles. The zero-order valence-electron chi connectivity index (χ0n) is 11.7. The van der Waals surface area contributed by atoms with Gasteiger partial charge in [0, 0.05) is 24.0 Å². The summed E-state index contributed by atoms with van der Waals surface area (Å²) in [5.74, 6) is -0.151. The molecule has 0 spiro atoms. The molecule has 114 valence electrons. The lowest BCUT2D eigenvalue weighted by Gasteiger charge is -2.14. The van der Waals surface area contributed by atoms with Crippen molar-refractivity contribution in [1.82, 2.24) is 15.8 Å². The van der Waals surface area contributed by atoms with Crippen molar-refractivity contribution < 1.29 is 4.79 Å². The van der Waals surface area contributed by atoms with Crippen LogP contribution in [-0.4, -0.2) is 16.9 Å². The molecule has 0 aliphatic rings. The number of hydrogen-bond donors (Lipinski definition) is 2. The van der Waals surface area contributed by atoms with Crippen molar-refractivity contribution in [2.45, 2.75) is 19.4 Å². The maximum Gasteiger partial charge on any atom is 0.265 e. The van der Waals surface area contributed by atoms with Crippen molar-refractivity contribution in [3.05, 3.63) is 66.0 Å². The average molecular weight is 328 g/mol. The van der Waals surface area contributed by atoms with Crippen LogP contribution in [-0.2, 0) is 6.42 Å². The average Bonchev–Trinajstić information content (AvgIpc) is 2.47. The molecule has 0 saturated heterocycles. The molecular weight excluding hydrogens is 309 g/mol. The molecule has 4 nitrogen and oxygen atoms in total. The van der Waals surface area contributed by atoms with Crippen LogP contribution in [0.4, 0.5) is 0 Å². The van der Waals surface area contributed by atoms with E-state index in [4.69, 9.17) is 0 Å². The number of hydrazine groups is 1. The number of nitrogens with one attached hydrogen (secondary N) is 2. The number of benzene rings is 1. The van der Waals surface area contributed by atoms with Crippen LogP contribution in [0, 0.1) is 0 Å². The molecule has 0 fully saturated rings. The lowest BCUT2D eigenvalue weighted by molar-refractivity contribution is 0.0926. The number of rotatable bonds is 5. The van der Waals surface area contributed by atoms with Gasteiger partial charge in [-0.2, -0.15) is 0 Å². The molecule has 21 heavy (non-hydrogen) atoms. The number of amides is 1.